The Kier molecular flexibility index (Phi) is 5.28. The molecule has 0 aromatic carbocycles. The fourth-order valence-corrected chi connectivity index (χ4v) is 1.90. The van der Waals surface area contributed by atoms with Crippen LogP contribution in [0, 0.1) is 5.92 Å². The predicted molar refractivity (Wildman–Crippen MR) is 71.6 cm³/mol. The van der Waals surface area contributed by atoms with E-state index in [-0.39, 0.29) is 5.69 Å². The van der Waals surface area contributed by atoms with Crippen molar-refractivity contribution in [1.82, 2.24) is 9.88 Å². The minimum Gasteiger partial charge on any atom is -0.477 e. The first-order valence-corrected chi connectivity index (χ1v) is 6.33. The van der Waals surface area contributed by atoms with Crippen LogP contribution >= 0.6 is 0 Å². The minimum atomic E-state index is -0.959. The Morgan fingerprint density at radius 2 is 2.06 bits per heavy atom. The third-order valence-corrected chi connectivity index (χ3v) is 2.80. The fraction of sp³-hybridized carbons (Fsp3) is 0.571. The molecule has 0 amide bonds. The van der Waals surface area contributed by atoms with Gasteiger partial charge in [-0.1, -0.05) is 19.9 Å². The number of carboxylic acids is 1. The quantitative estimate of drug-likeness (QED) is 0.843. The average Bonchev–Trinajstić information content (AvgIpc) is 2.27. The van der Waals surface area contributed by atoms with E-state index in [1.807, 2.05) is 6.07 Å². The number of hydrogen-bond acceptors (Lipinski definition) is 3. The summed E-state index contributed by atoms with van der Waals surface area (Å²) in [6.07, 6.45) is 1.52. The van der Waals surface area contributed by atoms with E-state index in [9.17, 15) is 4.79 Å². The molecule has 1 N–H and O–H groups in total. The standard InChI is InChI=1S/C14H22N2O2/c1-10(2)8-16(11(3)4)9-12-6-5-7-15-13(12)14(17)18/h5-7,10-11H,8-9H2,1-4H3,(H,17,18). The monoisotopic (exact) mass is 250 g/mol. The molecule has 4 nitrogen and oxygen atoms in total. The topological polar surface area (TPSA) is 53.4 Å². The lowest BCUT2D eigenvalue weighted by molar-refractivity contribution is 0.0687. The maximum absolute atomic E-state index is 11.1. The number of rotatable bonds is 6. The summed E-state index contributed by atoms with van der Waals surface area (Å²) in [5.41, 5.74) is 0.936. The molecule has 0 fully saturated rings. The highest BCUT2D eigenvalue weighted by Crippen LogP contribution is 2.13. The van der Waals surface area contributed by atoms with Crippen molar-refractivity contribution in [3.63, 3.8) is 0 Å². The van der Waals surface area contributed by atoms with Gasteiger partial charge in [0, 0.05) is 25.3 Å². The SMILES string of the molecule is CC(C)CN(Cc1cccnc1C(=O)O)C(C)C. The van der Waals surface area contributed by atoms with Crippen molar-refractivity contribution in [3.8, 4) is 0 Å². The molecule has 0 bridgehead atoms. The zero-order valence-electron chi connectivity index (χ0n) is 11.6. The number of carboxylic acid groups (broad SMARTS) is 1. The van der Waals surface area contributed by atoms with Crippen molar-refractivity contribution >= 4 is 5.97 Å². The summed E-state index contributed by atoms with van der Waals surface area (Å²) in [5, 5.41) is 9.12. The van der Waals surface area contributed by atoms with Gasteiger partial charge in [0.05, 0.1) is 0 Å². The molecular formula is C14H22N2O2. The summed E-state index contributed by atoms with van der Waals surface area (Å²) in [7, 11) is 0. The molecule has 0 saturated carbocycles. The molecule has 0 aliphatic carbocycles. The zero-order valence-corrected chi connectivity index (χ0v) is 11.6. The summed E-state index contributed by atoms with van der Waals surface area (Å²) in [4.78, 5) is 17.3. The van der Waals surface area contributed by atoms with E-state index in [1.165, 1.54) is 6.20 Å². The zero-order chi connectivity index (χ0) is 13.7. The Morgan fingerprint density at radius 1 is 1.39 bits per heavy atom. The Balaban J connectivity index is 2.90. The Bertz CT molecular complexity index is 403. The molecule has 0 atom stereocenters. The fourth-order valence-electron chi connectivity index (χ4n) is 1.90. The molecule has 1 aromatic rings. The molecule has 1 aromatic heterocycles. The summed E-state index contributed by atoms with van der Waals surface area (Å²) in [6.45, 7) is 10.2. The van der Waals surface area contributed by atoms with Gasteiger partial charge in [-0.25, -0.2) is 9.78 Å². The van der Waals surface area contributed by atoms with E-state index in [1.54, 1.807) is 6.07 Å². The van der Waals surface area contributed by atoms with Crippen molar-refractivity contribution in [2.75, 3.05) is 6.54 Å². The van der Waals surface area contributed by atoms with Crippen LogP contribution in [-0.4, -0.2) is 33.5 Å². The van der Waals surface area contributed by atoms with E-state index in [0.717, 1.165) is 12.1 Å². The molecule has 0 saturated heterocycles. The van der Waals surface area contributed by atoms with Gasteiger partial charge in [-0.2, -0.15) is 0 Å². The number of pyridine rings is 1. The van der Waals surface area contributed by atoms with Crippen LogP contribution in [-0.2, 0) is 6.54 Å². The van der Waals surface area contributed by atoms with Crippen molar-refractivity contribution in [3.05, 3.63) is 29.6 Å². The second-order valence-electron chi connectivity index (χ2n) is 5.23. The van der Waals surface area contributed by atoms with E-state index >= 15 is 0 Å². The molecule has 18 heavy (non-hydrogen) atoms. The first-order valence-electron chi connectivity index (χ1n) is 6.33. The van der Waals surface area contributed by atoms with Gasteiger partial charge in [0.1, 0.15) is 0 Å². The Hall–Kier alpha value is -1.42. The van der Waals surface area contributed by atoms with Crippen LogP contribution in [0.3, 0.4) is 0 Å². The number of nitrogens with zero attached hydrogens (tertiary/aromatic N) is 2. The average molecular weight is 250 g/mol. The van der Waals surface area contributed by atoms with Gasteiger partial charge >= 0.3 is 5.97 Å². The van der Waals surface area contributed by atoms with Crippen molar-refractivity contribution in [1.29, 1.82) is 0 Å². The lowest BCUT2D eigenvalue weighted by atomic mass is 10.1. The van der Waals surface area contributed by atoms with Gasteiger partial charge < -0.3 is 5.11 Å². The third kappa shape index (κ3) is 4.11. The van der Waals surface area contributed by atoms with Crippen LogP contribution in [0.25, 0.3) is 0 Å². The van der Waals surface area contributed by atoms with Gasteiger partial charge in [-0.15, -0.1) is 0 Å². The van der Waals surface area contributed by atoms with Crippen LogP contribution in [0.2, 0.25) is 0 Å². The van der Waals surface area contributed by atoms with Gasteiger partial charge in [0.25, 0.3) is 0 Å². The van der Waals surface area contributed by atoms with Crippen LogP contribution in [0.1, 0.15) is 43.7 Å². The summed E-state index contributed by atoms with van der Waals surface area (Å²) >= 11 is 0. The molecule has 4 heteroatoms. The predicted octanol–water partition coefficient (Wildman–Crippen LogP) is 2.65. The van der Waals surface area contributed by atoms with Gasteiger partial charge in [0.15, 0.2) is 5.69 Å². The minimum absolute atomic E-state index is 0.159. The van der Waals surface area contributed by atoms with E-state index in [4.69, 9.17) is 5.11 Å². The molecule has 0 aliphatic heterocycles. The van der Waals surface area contributed by atoms with Gasteiger partial charge in [0.2, 0.25) is 0 Å². The number of aromatic carboxylic acids is 1. The lowest BCUT2D eigenvalue weighted by Gasteiger charge is -2.28. The highest BCUT2D eigenvalue weighted by Gasteiger charge is 2.17. The van der Waals surface area contributed by atoms with Gasteiger partial charge in [-0.3, -0.25) is 4.90 Å². The smallest absolute Gasteiger partial charge is 0.354 e. The lowest BCUT2D eigenvalue weighted by Crippen LogP contribution is -2.34. The molecule has 1 heterocycles. The molecule has 0 aliphatic rings. The molecule has 0 unspecified atom stereocenters. The number of hydrogen-bond donors (Lipinski definition) is 1. The summed E-state index contributed by atoms with van der Waals surface area (Å²) < 4.78 is 0. The molecule has 0 spiro atoms. The number of carbonyl (C=O) groups is 1. The molecule has 1 rings (SSSR count). The third-order valence-electron chi connectivity index (χ3n) is 2.80. The van der Waals surface area contributed by atoms with Crippen LogP contribution in [0.15, 0.2) is 18.3 Å². The maximum Gasteiger partial charge on any atom is 0.354 e. The molecule has 0 radical (unpaired) electrons. The van der Waals surface area contributed by atoms with Crippen LogP contribution < -0.4 is 0 Å². The van der Waals surface area contributed by atoms with Gasteiger partial charge in [-0.05, 0) is 31.4 Å². The summed E-state index contributed by atoms with van der Waals surface area (Å²) in [5.74, 6) is -0.406. The molecular weight excluding hydrogens is 228 g/mol. The highest BCUT2D eigenvalue weighted by atomic mass is 16.4. The number of aromatic nitrogens is 1. The van der Waals surface area contributed by atoms with Crippen LogP contribution in [0.5, 0.6) is 0 Å². The molecule has 100 valence electrons. The highest BCUT2D eigenvalue weighted by molar-refractivity contribution is 5.86. The Morgan fingerprint density at radius 3 is 2.56 bits per heavy atom. The normalized spacial score (nSPS) is 11.5. The maximum atomic E-state index is 11.1. The van der Waals surface area contributed by atoms with Crippen LogP contribution in [0.4, 0.5) is 0 Å². The second-order valence-corrected chi connectivity index (χ2v) is 5.23. The second kappa shape index (κ2) is 6.50. The van der Waals surface area contributed by atoms with Crippen molar-refractivity contribution in [2.45, 2.75) is 40.3 Å². The van der Waals surface area contributed by atoms with Crippen molar-refractivity contribution < 1.29 is 9.90 Å². The first-order chi connectivity index (χ1) is 8.41. The van der Waals surface area contributed by atoms with Crippen molar-refractivity contribution in [2.24, 2.45) is 5.92 Å². The van der Waals surface area contributed by atoms with E-state index < -0.39 is 5.97 Å². The Labute approximate surface area is 109 Å². The largest absolute Gasteiger partial charge is 0.477 e. The van der Waals surface area contributed by atoms with E-state index in [0.29, 0.717) is 18.5 Å². The van der Waals surface area contributed by atoms with E-state index in [2.05, 4.69) is 37.6 Å². The first kappa shape index (κ1) is 14.6. The summed E-state index contributed by atoms with van der Waals surface area (Å²) in [6, 6.07) is 4.01.